The van der Waals surface area contributed by atoms with Gasteiger partial charge in [-0.3, -0.25) is 9.89 Å². The fourth-order valence-electron chi connectivity index (χ4n) is 2.68. The number of halogens is 1. The molecule has 0 spiro atoms. The molecule has 2 N–H and O–H groups in total. The summed E-state index contributed by atoms with van der Waals surface area (Å²) in [5, 5.41) is 10.4. The van der Waals surface area contributed by atoms with Gasteiger partial charge in [0.2, 0.25) is 5.89 Å². The molecule has 1 heterocycles. The molecule has 2 rings (SSSR count). The molecule has 0 aliphatic heterocycles. The van der Waals surface area contributed by atoms with E-state index in [1.54, 1.807) is 0 Å². The molecule has 0 bridgehead atoms. The Kier molecular flexibility index (Phi) is 11.7. The van der Waals surface area contributed by atoms with Gasteiger partial charge in [-0.05, 0) is 39.8 Å². The van der Waals surface area contributed by atoms with Crippen LogP contribution in [0.25, 0.3) is 0 Å². The zero-order valence-electron chi connectivity index (χ0n) is 17.3. The van der Waals surface area contributed by atoms with E-state index in [4.69, 9.17) is 4.52 Å². The quantitative estimate of drug-likeness (QED) is 0.297. The van der Waals surface area contributed by atoms with Crippen molar-refractivity contribution in [2.24, 2.45) is 4.99 Å². The van der Waals surface area contributed by atoms with Crippen molar-refractivity contribution >= 4 is 29.9 Å². The van der Waals surface area contributed by atoms with E-state index in [0.29, 0.717) is 30.7 Å². The fraction of sp³-hybridized carbons (Fsp3) is 0.550. The lowest BCUT2D eigenvalue weighted by molar-refractivity contribution is 0.240. The van der Waals surface area contributed by atoms with E-state index in [1.807, 2.05) is 6.92 Å². The molecule has 0 amide bonds. The second-order valence-electron chi connectivity index (χ2n) is 6.71. The summed E-state index contributed by atoms with van der Waals surface area (Å²) in [5.41, 5.74) is 1.33. The number of aromatic nitrogens is 2. The van der Waals surface area contributed by atoms with Gasteiger partial charge in [0.1, 0.15) is 0 Å². The first-order chi connectivity index (χ1) is 13.1. The first-order valence-corrected chi connectivity index (χ1v) is 9.64. The average molecular weight is 500 g/mol. The molecule has 0 saturated heterocycles. The lowest BCUT2D eigenvalue weighted by atomic mass is 10.1. The Morgan fingerprint density at radius 2 is 2.00 bits per heavy atom. The highest BCUT2D eigenvalue weighted by Gasteiger charge is 2.09. The molecule has 8 heteroatoms. The molecule has 2 aromatic rings. The van der Waals surface area contributed by atoms with Crippen LogP contribution in [0.2, 0.25) is 0 Å². The van der Waals surface area contributed by atoms with Gasteiger partial charge in [-0.1, -0.05) is 35.5 Å². The van der Waals surface area contributed by atoms with Crippen LogP contribution in [0.4, 0.5) is 0 Å². The van der Waals surface area contributed by atoms with Crippen molar-refractivity contribution in [3.05, 3.63) is 47.6 Å². The monoisotopic (exact) mass is 500 g/mol. The molecule has 1 aromatic carbocycles. The van der Waals surface area contributed by atoms with Gasteiger partial charge in [0, 0.05) is 38.6 Å². The molecule has 1 atom stereocenters. The summed E-state index contributed by atoms with van der Waals surface area (Å²) in [7, 11) is 2.16. The van der Waals surface area contributed by atoms with Crippen molar-refractivity contribution in [1.82, 2.24) is 25.7 Å². The summed E-state index contributed by atoms with van der Waals surface area (Å²) < 4.78 is 5.13. The summed E-state index contributed by atoms with van der Waals surface area (Å²) >= 11 is 0. The summed E-state index contributed by atoms with van der Waals surface area (Å²) in [5.74, 6) is 2.14. The van der Waals surface area contributed by atoms with E-state index in [-0.39, 0.29) is 24.0 Å². The van der Waals surface area contributed by atoms with Crippen LogP contribution in [0.3, 0.4) is 0 Å². The van der Waals surface area contributed by atoms with Gasteiger partial charge < -0.3 is 15.2 Å². The molecule has 7 nitrogen and oxygen atoms in total. The van der Waals surface area contributed by atoms with Crippen LogP contribution in [0.5, 0.6) is 0 Å². The second-order valence-corrected chi connectivity index (χ2v) is 6.71. The zero-order chi connectivity index (χ0) is 19.5. The van der Waals surface area contributed by atoms with E-state index in [2.05, 4.69) is 81.9 Å². The SMILES string of the molecule is CCNC(=NCCC(C)N(C)Cc1ccccc1)NCCc1nc(C)no1.I. The van der Waals surface area contributed by atoms with E-state index in [0.717, 1.165) is 32.0 Å². The van der Waals surface area contributed by atoms with Crippen molar-refractivity contribution in [2.75, 3.05) is 26.7 Å². The Morgan fingerprint density at radius 1 is 1.25 bits per heavy atom. The van der Waals surface area contributed by atoms with Crippen molar-refractivity contribution in [2.45, 2.75) is 46.2 Å². The third-order valence-corrected chi connectivity index (χ3v) is 4.39. The highest BCUT2D eigenvalue weighted by atomic mass is 127. The summed E-state index contributed by atoms with van der Waals surface area (Å²) in [6, 6.07) is 11.0. The minimum absolute atomic E-state index is 0. The Hall–Kier alpha value is -1.68. The van der Waals surface area contributed by atoms with E-state index in [9.17, 15) is 0 Å². The number of benzene rings is 1. The smallest absolute Gasteiger partial charge is 0.228 e. The topological polar surface area (TPSA) is 78.6 Å². The van der Waals surface area contributed by atoms with E-state index in [1.165, 1.54) is 5.56 Å². The average Bonchev–Trinajstić information content (AvgIpc) is 3.07. The summed E-state index contributed by atoms with van der Waals surface area (Å²) in [6.45, 7) is 9.39. The largest absolute Gasteiger partial charge is 0.357 e. The van der Waals surface area contributed by atoms with Crippen molar-refractivity contribution in [3.63, 3.8) is 0 Å². The number of nitrogens with zero attached hydrogens (tertiary/aromatic N) is 4. The predicted octanol–water partition coefficient (Wildman–Crippen LogP) is 3.00. The molecule has 0 fully saturated rings. The first-order valence-electron chi connectivity index (χ1n) is 9.64. The van der Waals surface area contributed by atoms with E-state index >= 15 is 0 Å². The van der Waals surface area contributed by atoms with Crippen molar-refractivity contribution in [3.8, 4) is 0 Å². The molecule has 0 saturated carbocycles. The van der Waals surface area contributed by atoms with Crippen molar-refractivity contribution in [1.29, 1.82) is 0 Å². The number of guanidine groups is 1. The third kappa shape index (κ3) is 9.01. The third-order valence-electron chi connectivity index (χ3n) is 4.39. The molecule has 1 unspecified atom stereocenters. The van der Waals surface area contributed by atoms with Gasteiger partial charge in [0.25, 0.3) is 0 Å². The lowest BCUT2D eigenvalue weighted by Gasteiger charge is -2.24. The first kappa shape index (κ1) is 24.4. The van der Waals surface area contributed by atoms with Crippen LogP contribution in [-0.2, 0) is 13.0 Å². The molecule has 156 valence electrons. The number of aliphatic imine (C=N–C) groups is 1. The van der Waals surface area contributed by atoms with Crippen LogP contribution >= 0.6 is 24.0 Å². The fourth-order valence-corrected chi connectivity index (χ4v) is 2.68. The van der Waals surface area contributed by atoms with Crippen LogP contribution in [0, 0.1) is 6.92 Å². The molecule has 0 aliphatic carbocycles. The van der Waals surface area contributed by atoms with E-state index < -0.39 is 0 Å². The molecule has 0 radical (unpaired) electrons. The van der Waals surface area contributed by atoms with Gasteiger partial charge in [0.15, 0.2) is 11.8 Å². The van der Waals surface area contributed by atoms with Gasteiger partial charge in [-0.15, -0.1) is 24.0 Å². The molecule has 0 aliphatic rings. The minimum atomic E-state index is 0. The number of aryl methyl sites for hydroxylation is 1. The second kappa shape index (κ2) is 13.5. The maximum atomic E-state index is 5.13. The van der Waals surface area contributed by atoms with Gasteiger partial charge >= 0.3 is 0 Å². The predicted molar refractivity (Wildman–Crippen MR) is 124 cm³/mol. The number of hydrogen-bond acceptors (Lipinski definition) is 5. The van der Waals surface area contributed by atoms with Gasteiger partial charge in [0.05, 0.1) is 0 Å². The van der Waals surface area contributed by atoms with Crippen LogP contribution in [0.1, 0.15) is 37.5 Å². The van der Waals surface area contributed by atoms with Crippen LogP contribution in [-0.4, -0.2) is 53.7 Å². The zero-order valence-corrected chi connectivity index (χ0v) is 19.6. The molecular weight excluding hydrogens is 467 g/mol. The number of rotatable bonds is 10. The molecule has 1 aromatic heterocycles. The normalized spacial score (nSPS) is 12.5. The standard InChI is InChI=1S/C20H32N6O.HI/c1-5-21-20(23-14-12-19-24-17(3)25-27-19)22-13-11-16(2)26(4)15-18-9-7-6-8-10-18;/h6-10,16H,5,11-15H2,1-4H3,(H2,21,22,23);1H. The molecule has 28 heavy (non-hydrogen) atoms. The lowest BCUT2D eigenvalue weighted by Crippen LogP contribution is -2.38. The maximum Gasteiger partial charge on any atom is 0.228 e. The minimum Gasteiger partial charge on any atom is -0.357 e. The highest BCUT2D eigenvalue weighted by molar-refractivity contribution is 14.0. The van der Waals surface area contributed by atoms with Crippen LogP contribution < -0.4 is 10.6 Å². The molecular formula is C20H33IN6O. The van der Waals surface area contributed by atoms with Gasteiger partial charge in [-0.25, -0.2) is 0 Å². The Balaban J connectivity index is 0.00000392. The number of nitrogens with one attached hydrogen (secondary N) is 2. The number of hydrogen-bond donors (Lipinski definition) is 2. The summed E-state index contributed by atoms with van der Waals surface area (Å²) in [6.07, 6.45) is 1.68. The Morgan fingerprint density at radius 3 is 2.64 bits per heavy atom. The van der Waals surface area contributed by atoms with Gasteiger partial charge in [-0.2, -0.15) is 4.98 Å². The van der Waals surface area contributed by atoms with Crippen molar-refractivity contribution < 1.29 is 4.52 Å². The Labute approximate surface area is 185 Å². The highest BCUT2D eigenvalue weighted by Crippen LogP contribution is 2.08. The Bertz CT molecular complexity index is 691. The maximum absolute atomic E-state index is 5.13. The summed E-state index contributed by atoms with van der Waals surface area (Å²) in [4.78, 5) is 11.3. The van der Waals surface area contributed by atoms with Crippen LogP contribution in [0.15, 0.2) is 39.8 Å².